The fraction of sp³-hybridized carbons (Fsp3) is 0.217. The van der Waals surface area contributed by atoms with Crippen LogP contribution >= 0.6 is 0 Å². The molecular formula is C23H25N3O2. The first-order chi connectivity index (χ1) is 13.8. The predicted molar refractivity (Wildman–Crippen MR) is 113 cm³/mol. The molecule has 0 spiro atoms. The van der Waals surface area contributed by atoms with Crippen LogP contribution < -0.4 is 15.4 Å². The van der Waals surface area contributed by atoms with Gasteiger partial charge in [-0.05, 0) is 49.6 Å². The number of pyridine rings is 1. The largest absolute Gasteiger partial charge is 0.492 e. The Morgan fingerprint density at radius 3 is 2.64 bits per heavy atom. The Morgan fingerprint density at radius 1 is 1.04 bits per heavy atom. The van der Waals surface area contributed by atoms with Crippen LogP contribution in [0.2, 0.25) is 0 Å². The number of para-hydroxylation sites is 2. The summed E-state index contributed by atoms with van der Waals surface area (Å²) in [6, 6.07) is 21.3. The van der Waals surface area contributed by atoms with E-state index in [4.69, 9.17) is 4.74 Å². The Kier molecular flexibility index (Phi) is 7.01. The van der Waals surface area contributed by atoms with Crippen LogP contribution in [0.1, 0.15) is 29.3 Å². The first-order valence-electron chi connectivity index (χ1n) is 9.53. The number of anilines is 2. The highest BCUT2D eigenvalue weighted by Crippen LogP contribution is 2.24. The number of amides is 1. The van der Waals surface area contributed by atoms with Gasteiger partial charge in [-0.15, -0.1) is 0 Å². The highest BCUT2D eigenvalue weighted by molar-refractivity contribution is 6.05. The number of ether oxygens (including phenoxy) is 1. The second kappa shape index (κ2) is 10.1. The highest BCUT2D eigenvalue weighted by atomic mass is 16.5. The van der Waals surface area contributed by atoms with E-state index in [1.165, 1.54) is 5.56 Å². The van der Waals surface area contributed by atoms with Crippen LogP contribution in [-0.4, -0.2) is 24.0 Å². The Hall–Kier alpha value is -3.34. The third-order valence-corrected chi connectivity index (χ3v) is 4.25. The Bertz CT molecular complexity index is 897. The SMILES string of the molecule is CCOc1ccccc1NC(=O)c1ccnc(NCCCc2ccccc2)c1. The van der Waals surface area contributed by atoms with Crippen LogP contribution in [0.25, 0.3) is 0 Å². The number of carbonyl (C=O) groups is 1. The molecule has 3 aromatic rings. The number of nitrogens with zero attached hydrogens (tertiary/aromatic N) is 1. The molecule has 0 radical (unpaired) electrons. The Labute approximate surface area is 165 Å². The summed E-state index contributed by atoms with van der Waals surface area (Å²) in [4.78, 5) is 16.9. The second-order valence-electron chi connectivity index (χ2n) is 6.33. The molecule has 28 heavy (non-hydrogen) atoms. The van der Waals surface area contributed by atoms with Gasteiger partial charge in [0.2, 0.25) is 0 Å². The third kappa shape index (κ3) is 5.58. The topological polar surface area (TPSA) is 63.2 Å². The van der Waals surface area contributed by atoms with E-state index in [0.29, 0.717) is 29.4 Å². The van der Waals surface area contributed by atoms with Crippen LogP contribution in [-0.2, 0) is 6.42 Å². The summed E-state index contributed by atoms with van der Waals surface area (Å²) < 4.78 is 5.56. The Morgan fingerprint density at radius 2 is 1.82 bits per heavy atom. The van der Waals surface area contributed by atoms with Gasteiger partial charge < -0.3 is 15.4 Å². The lowest BCUT2D eigenvalue weighted by atomic mass is 10.1. The molecule has 0 saturated heterocycles. The monoisotopic (exact) mass is 375 g/mol. The Balaban J connectivity index is 1.56. The average molecular weight is 375 g/mol. The van der Waals surface area contributed by atoms with Crippen molar-refractivity contribution in [3.63, 3.8) is 0 Å². The molecule has 5 heteroatoms. The number of aromatic nitrogens is 1. The summed E-state index contributed by atoms with van der Waals surface area (Å²) in [6.07, 6.45) is 3.63. The molecule has 0 unspecified atom stereocenters. The van der Waals surface area contributed by atoms with Crippen molar-refractivity contribution < 1.29 is 9.53 Å². The number of benzene rings is 2. The number of nitrogens with one attached hydrogen (secondary N) is 2. The molecule has 0 aliphatic carbocycles. The molecule has 0 atom stereocenters. The third-order valence-electron chi connectivity index (χ3n) is 4.25. The van der Waals surface area contributed by atoms with Gasteiger partial charge in [-0.2, -0.15) is 0 Å². The molecule has 2 aromatic carbocycles. The molecule has 0 aliphatic rings. The lowest BCUT2D eigenvalue weighted by Gasteiger charge is -2.12. The van der Waals surface area contributed by atoms with Gasteiger partial charge in [0.05, 0.1) is 12.3 Å². The van der Waals surface area contributed by atoms with Crippen molar-refractivity contribution in [3.8, 4) is 5.75 Å². The molecule has 144 valence electrons. The maximum absolute atomic E-state index is 12.6. The van der Waals surface area contributed by atoms with E-state index >= 15 is 0 Å². The minimum atomic E-state index is -0.193. The predicted octanol–water partition coefficient (Wildman–Crippen LogP) is 4.78. The summed E-state index contributed by atoms with van der Waals surface area (Å²) in [5.41, 5.74) is 2.52. The lowest BCUT2D eigenvalue weighted by molar-refractivity contribution is 0.102. The first kappa shape index (κ1) is 19.4. The number of rotatable bonds is 9. The van der Waals surface area contributed by atoms with E-state index in [1.807, 2.05) is 37.3 Å². The molecule has 0 saturated carbocycles. The maximum atomic E-state index is 12.6. The van der Waals surface area contributed by atoms with Crippen LogP contribution in [0.4, 0.5) is 11.5 Å². The van der Waals surface area contributed by atoms with Crippen LogP contribution in [0.3, 0.4) is 0 Å². The second-order valence-corrected chi connectivity index (χ2v) is 6.33. The molecule has 1 aromatic heterocycles. The zero-order valence-electron chi connectivity index (χ0n) is 16.0. The van der Waals surface area contributed by atoms with Gasteiger partial charge in [-0.3, -0.25) is 4.79 Å². The van der Waals surface area contributed by atoms with Gasteiger partial charge in [0.15, 0.2) is 0 Å². The minimum Gasteiger partial charge on any atom is -0.492 e. The fourth-order valence-electron chi connectivity index (χ4n) is 2.87. The molecule has 5 nitrogen and oxygen atoms in total. The molecule has 0 aliphatic heterocycles. The minimum absolute atomic E-state index is 0.193. The summed E-state index contributed by atoms with van der Waals surface area (Å²) in [5, 5.41) is 6.20. The van der Waals surface area contributed by atoms with E-state index in [0.717, 1.165) is 19.4 Å². The first-order valence-corrected chi connectivity index (χ1v) is 9.53. The zero-order valence-corrected chi connectivity index (χ0v) is 16.0. The number of aryl methyl sites for hydroxylation is 1. The van der Waals surface area contributed by atoms with E-state index < -0.39 is 0 Å². The lowest BCUT2D eigenvalue weighted by Crippen LogP contribution is -2.14. The molecule has 3 rings (SSSR count). The van der Waals surface area contributed by atoms with Crippen molar-refractivity contribution in [1.82, 2.24) is 4.98 Å². The van der Waals surface area contributed by atoms with Crippen LogP contribution in [0.15, 0.2) is 72.9 Å². The molecule has 2 N–H and O–H groups in total. The van der Waals surface area contributed by atoms with Crippen molar-refractivity contribution in [2.45, 2.75) is 19.8 Å². The van der Waals surface area contributed by atoms with Gasteiger partial charge in [0, 0.05) is 18.3 Å². The van der Waals surface area contributed by atoms with Crippen LogP contribution in [0.5, 0.6) is 5.75 Å². The summed E-state index contributed by atoms with van der Waals surface area (Å²) in [7, 11) is 0. The summed E-state index contributed by atoms with van der Waals surface area (Å²) >= 11 is 0. The van der Waals surface area contributed by atoms with Gasteiger partial charge in [-0.1, -0.05) is 42.5 Å². The number of carbonyl (C=O) groups excluding carboxylic acids is 1. The van der Waals surface area contributed by atoms with E-state index in [9.17, 15) is 4.79 Å². The number of hydrogen-bond acceptors (Lipinski definition) is 4. The highest BCUT2D eigenvalue weighted by Gasteiger charge is 2.10. The smallest absolute Gasteiger partial charge is 0.255 e. The molecule has 1 amide bonds. The van der Waals surface area contributed by atoms with Gasteiger partial charge in [0.1, 0.15) is 11.6 Å². The van der Waals surface area contributed by atoms with Gasteiger partial charge >= 0.3 is 0 Å². The van der Waals surface area contributed by atoms with E-state index in [2.05, 4.69) is 39.9 Å². The quantitative estimate of drug-likeness (QED) is 0.529. The van der Waals surface area contributed by atoms with Crippen molar-refractivity contribution in [1.29, 1.82) is 0 Å². The van der Waals surface area contributed by atoms with Crippen molar-refractivity contribution in [2.75, 3.05) is 23.8 Å². The molecule has 0 fully saturated rings. The zero-order chi connectivity index (χ0) is 19.6. The van der Waals surface area contributed by atoms with E-state index in [1.54, 1.807) is 18.3 Å². The van der Waals surface area contributed by atoms with Gasteiger partial charge in [0.25, 0.3) is 5.91 Å². The van der Waals surface area contributed by atoms with E-state index in [-0.39, 0.29) is 5.91 Å². The maximum Gasteiger partial charge on any atom is 0.255 e. The standard InChI is InChI=1S/C23H25N3O2/c1-2-28-21-13-7-6-12-20(21)26-23(27)19-14-16-25-22(17-19)24-15-8-11-18-9-4-3-5-10-18/h3-7,9-10,12-14,16-17H,2,8,11,15H2,1H3,(H,24,25)(H,26,27). The summed E-state index contributed by atoms with van der Waals surface area (Å²) in [5.74, 6) is 1.16. The normalized spacial score (nSPS) is 10.3. The molecule has 1 heterocycles. The number of hydrogen-bond donors (Lipinski definition) is 2. The molecule has 0 bridgehead atoms. The fourth-order valence-corrected chi connectivity index (χ4v) is 2.87. The van der Waals surface area contributed by atoms with Crippen molar-refractivity contribution in [2.24, 2.45) is 0 Å². The average Bonchev–Trinajstić information content (AvgIpc) is 2.74. The van der Waals surface area contributed by atoms with Crippen molar-refractivity contribution in [3.05, 3.63) is 84.1 Å². The van der Waals surface area contributed by atoms with Gasteiger partial charge in [-0.25, -0.2) is 4.98 Å². The molecular weight excluding hydrogens is 350 g/mol. The van der Waals surface area contributed by atoms with Crippen LogP contribution in [0, 0.1) is 0 Å². The van der Waals surface area contributed by atoms with Crippen molar-refractivity contribution >= 4 is 17.4 Å². The summed E-state index contributed by atoms with van der Waals surface area (Å²) in [6.45, 7) is 3.25.